The molecule has 0 saturated carbocycles. The molecule has 1 aliphatic rings. The van der Waals surface area contributed by atoms with Gasteiger partial charge >= 0.3 is 0 Å². The minimum atomic E-state index is -0.340. The molecule has 3 aromatic rings. The number of anilines is 1. The van der Waals surface area contributed by atoms with Gasteiger partial charge in [-0.15, -0.1) is 0 Å². The third-order valence-corrected chi connectivity index (χ3v) is 4.90. The third-order valence-electron chi connectivity index (χ3n) is 4.90. The molecule has 3 heterocycles. The highest BCUT2D eigenvalue weighted by Gasteiger charge is 2.17. The van der Waals surface area contributed by atoms with Crippen LogP contribution in [-0.4, -0.2) is 36.4 Å². The monoisotopic (exact) mass is 392 g/mol. The Morgan fingerprint density at radius 3 is 2.76 bits per heavy atom. The van der Waals surface area contributed by atoms with E-state index in [1.807, 2.05) is 19.4 Å². The first-order chi connectivity index (χ1) is 14.2. The van der Waals surface area contributed by atoms with Crippen molar-refractivity contribution in [2.75, 3.05) is 25.5 Å². The van der Waals surface area contributed by atoms with E-state index < -0.39 is 0 Å². The molecule has 150 valence electrons. The average molecular weight is 392 g/mol. The van der Waals surface area contributed by atoms with Crippen molar-refractivity contribution in [3.63, 3.8) is 0 Å². The van der Waals surface area contributed by atoms with Gasteiger partial charge in [-0.2, -0.15) is 0 Å². The lowest BCUT2D eigenvalue weighted by atomic mass is 9.91. The van der Waals surface area contributed by atoms with Gasteiger partial charge in [0.05, 0.1) is 17.6 Å². The summed E-state index contributed by atoms with van der Waals surface area (Å²) in [4.78, 5) is 18.7. The van der Waals surface area contributed by atoms with Gasteiger partial charge in [-0.1, -0.05) is 18.2 Å². The largest absolute Gasteiger partial charge is 0.387 e. The molecule has 5 nitrogen and oxygen atoms in total. The van der Waals surface area contributed by atoms with Crippen molar-refractivity contribution in [3.05, 3.63) is 78.0 Å². The van der Waals surface area contributed by atoms with Crippen molar-refractivity contribution in [2.45, 2.75) is 18.8 Å². The Morgan fingerprint density at radius 2 is 2.03 bits per heavy atom. The van der Waals surface area contributed by atoms with Crippen LogP contribution in [0.2, 0.25) is 0 Å². The van der Waals surface area contributed by atoms with Gasteiger partial charge in [-0.25, -0.2) is 9.37 Å². The maximum atomic E-state index is 13.4. The average Bonchev–Trinajstić information content (AvgIpc) is 2.80. The number of nitrogens with one attached hydrogen (secondary N) is 2. The Kier molecular flexibility index (Phi) is 7.41. The molecule has 0 amide bonds. The Balaban J connectivity index is 0.000000166. The molecule has 0 radical (unpaired) electrons. The van der Waals surface area contributed by atoms with Crippen LogP contribution >= 0.6 is 0 Å². The fourth-order valence-electron chi connectivity index (χ4n) is 3.42. The van der Waals surface area contributed by atoms with Crippen molar-refractivity contribution < 1.29 is 9.18 Å². The number of carbonyl (C=O) groups excluding carboxylic acids is 1. The number of aldehydes is 1. The lowest BCUT2D eigenvalue weighted by Gasteiger charge is -2.24. The fraction of sp³-hybridized carbons (Fsp3) is 0.261. The lowest BCUT2D eigenvalue weighted by molar-refractivity contribution is 0.111. The summed E-state index contributed by atoms with van der Waals surface area (Å²) in [6.07, 6.45) is 6.99. The van der Waals surface area contributed by atoms with Gasteiger partial charge in [-0.3, -0.25) is 9.78 Å². The molecule has 6 heteroatoms. The Bertz CT molecular complexity index is 941. The maximum absolute atomic E-state index is 13.4. The van der Waals surface area contributed by atoms with Crippen molar-refractivity contribution in [3.8, 4) is 11.3 Å². The highest BCUT2D eigenvalue weighted by molar-refractivity contribution is 5.73. The second-order valence-electron chi connectivity index (χ2n) is 6.80. The van der Waals surface area contributed by atoms with Crippen LogP contribution < -0.4 is 10.6 Å². The smallest absolute Gasteiger partial charge is 0.168 e. The highest BCUT2D eigenvalue weighted by Crippen LogP contribution is 2.28. The molecule has 1 saturated heterocycles. The normalized spacial score (nSPS) is 15.7. The molecule has 29 heavy (non-hydrogen) atoms. The quantitative estimate of drug-likeness (QED) is 0.649. The van der Waals surface area contributed by atoms with Gasteiger partial charge in [0.15, 0.2) is 6.29 Å². The van der Waals surface area contributed by atoms with Crippen molar-refractivity contribution in [2.24, 2.45) is 0 Å². The maximum Gasteiger partial charge on any atom is 0.168 e. The minimum Gasteiger partial charge on any atom is -0.387 e. The molecule has 0 spiro atoms. The zero-order chi connectivity index (χ0) is 20.5. The molecule has 2 aromatic heterocycles. The molecule has 1 aliphatic heterocycles. The molecule has 1 aromatic carbocycles. The minimum absolute atomic E-state index is 0.302. The number of pyridine rings is 2. The Labute approximate surface area is 170 Å². The summed E-state index contributed by atoms with van der Waals surface area (Å²) in [6, 6.07) is 13.4. The predicted molar refractivity (Wildman–Crippen MR) is 114 cm³/mol. The van der Waals surface area contributed by atoms with E-state index in [2.05, 4.69) is 26.7 Å². The van der Waals surface area contributed by atoms with Crippen LogP contribution in [0.1, 0.15) is 34.8 Å². The fourth-order valence-corrected chi connectivity index (χ4v) is 3.42. The van der Waals surface area contributed by atoms with Crippen LogP contribution in [0.25, 0.3) is 11.3 Å². The highest BCUT2D eigenvalue weighted by atomic mass is 19.1. The standard InChI is InChI=1S/C12H8FNO.C11H17N3/c13-11-6-2-1-5-10(11)12-7-3-4-9(8-15)14-12;1-12-11-8-14-6-4-10(11)9-3-2-5-13-7-9/h1-8H;4,6,8-9,12-13H,2-3,5,7H2,1H3/t;9-/m.1/s1. The summed E-state index contributed by atoms with van der Waals surface area (Å²) in [5, 5.41) is 6.64. The molecule has 0 unspecified atom stereocenters. The first-order valence-electron chi connectivity index (χ1n) is 9.72. The SMILES string of the molecule is CNc1cnccc1[C@@H]1CCCNC1.O=Cc1cccc(-c2ccccc2F)n1. The van der Waals surface area contributed by atoms with Crippen LogP contribution in [0.3, 0.4) is 0 Å². The van der Waals surface area contributed by atoms with Crippen molar-refractivity contribution in [1.29, 1.82) is 0 Å². The van der Waals surface area contributed by atoms with Crippen molar-refractivity contribution in [1.82, 2.24) is 15.3 Å². The van der Waals surface area contributed by atoms with E-state index in [0.717, 1.165) is 13.1 Å². The number of halogens is 1. The van der Waals surface area contributed by atoms with Gasteiger partial charge in [-0.05, 0) is 61.2 Å². The Hall–Kier alpha value is -3.12. The van der Waals surface area contributed by atoms with E-state index in [9.17, 15) is 9.18 Å². The van der Waals surface area contributed by atoms with Crippen LogP contribution in [0.15, 0.2) is 60.9 Å². The molecule has 2 N–H and O–H groups in total. The molecule has 1 fully saturated rings. The van der Waals surface area contributed by atoms with E-state index in [-0.39, 0.29) is 5.82 Å². The molecular formula is C23H25FN4O. The van der Waals surface area contributed by atoms with Crippen LogP contribution in [0.5, 0.6) is 0 Å². The molecule has 1 atom stereocenters. The first-order valence-corrected chi connectivity index (χ1v) is 9.72. The van der Waals surface area contributed by atoms with Gasteiger partial charge in [0, 0.05) is 25.4 Å². The number of hydrogen-bond donors (Lipinski definition) is 2. The zero-order valence-corrected chi connectivity index (χ0v) is 16.4. The van der Waals surface area contributed by atoms with Crippen LogP contribution in [-0.2, 0) is 0 Å². The van der Waals surface area contributed by atoms with Gasteiger partial charge in [0.25, 0.3) is 0 Å². The van der Waals surface area contributed by atoms with Gasteiger partial charge < -0.3 is 10.6 Å². The topological polar surface area (TPSA) is 66.9 Å². The first kappa shape index (κ1) is 20.6. The predicted octanol–water partition coefficient (Wildman–Crippen LogP) is 4.29. The van der Waals surface area contributed by atoms with E-state index in [1.54, 1.807) is 36.4 Å². The summed E-state index contributed by atoms with van der Waals surface area (Å²) < 4.78 is 13.4. The second kappa shape index (κ2) is 10.4. The molecular weight excluding hydrogens is 367 g/mol. The Morgan fingerprint density at radius 1 is 1.17 bits per heavy atom. The van der Waals surface area contributed by atoms with E-state index in [0.29, 0.717) is 29.2 Å². The summed E-state index contributed by atoms with van der Waals surface area (Å²) in [6.45, 7) is 2.26. The lowest BCUT2D eigenvalue weighted by Crippen LogP contribution is -2.28. The zero-order valence-electron chi connectivity index (χ0n) is 16.4. The molecule has 4 rings (SSSR count). The van der Waals surface area contributed by atoms with Gasteiger partial charge in [0.1, 0.15) is 11.5 Å². The summed E-state index contributed by atoms with van der Waals surface area (Å²) in [7, 11) is 1.96. The van der Waals surface area contributed by atoms with E-state index >= 15 is 0 Å². The number of carbonyl (C=O) groups is 1. The summed E-state index contributed by atoms with van der Waals surface area (Å²) in [5.41, 5.74) is 3.74. The van der Waals surface area contributed by atoms with Gasteiger partial charge in [0.2, 0.25) is 0 Å². The van der Waals surface area contributed by atoms with Crippen LogP contribution in [0.4, 0.5) is 10.1 Å². The summed E-state index contributed by atoms with van der Waals surface area (Å²) >= 11 is 0. The number of nitrogens with zero attached hydrogens (tertiary/aromatic N) is 2. The number of benzene rings is 1. The number of hydrogen-bond acceptors (Lipinski definition) is 5. The number of rotatable bonds is 4. The van der Waals surface area contributed by atoms with Crippen molar-refractivity contribution >= 4 is 12.0 Å². The second-order valence-corrected chi connectivity index (χ2v) is 6.80. The van der Waals surface area contributed by atoms with Crippen LogP contribution in [0, 0.1) is 5.82 Å². The number of aromatic nitrogens is 2. The molecule has 0 aliphatic carbocycles. The molecule has 0 bridgehead atoms. The third kappa shape index (κ3) is 5.45. The number of piperidine rings is 1. The van der Waals surface area contributed by atoms with E-state index in [1.165, 1.54) is 30.2 Å². The summed E-state index contributed by atoms with van der Waals surface area (Å²) in [5.74, 6) is 0.308. The van der Waals surface area contributed by atoms with E-state index in [4.69, 9.17) is 0 Å².